The summed E-state index contributed by atoms with van der Waals surface area (Å²) < 4.78 is 49.9. The molecule has 0 radical (unpaired) electrons. The van der Waals surface area contributed by atoms with Crippen LogP contribution in [0.4, 0.5) is 24.5 Å². The highest BCUT2D eigenvalue weighted by Crippen LogP contribution is 2.35. The third-order valence-electron chi connectivity index (χ3n) is 5.72. The zero-order valence-corrected chi connectivity index (χ0v) is 19.6. The molecule has 0 atom stereocenters. The van der Waals surface area contributed by atoms with Crippen molar-refractivity contribution in [1.82, 2.24) is 5.32 Å². The molecule has 0 spiro atoms. The molecule has 0 saturated carbocycles. The Morgan fingerprint density at radius 1 is 0.946 bits per heavy atom. The Morgan fingerprint density at radius 2 is 1.68 bits per heavy atom. The number of carbonyl (C=O) groups excluding carboxylic acids is 3. The number of morpholine rings is 1. The molecule has 1 aliphatic heterocycles. The first kappa shape index (κ1) is 26.0. The van der Waals surface area contributed by atoms with E-state index in [9.17, 15) is 27.6 Å². The van der Waals surface area contributed by atoms with Crippen molar-refractivity contribution in [3.05, 3.63) is 71.8 Å². The molecule has 194 valence electrons. The molecule has 4 rings (SSSR count). The van der Waals surface area contributed by atoms with Crippen molar-refractivity contribution in [2.24, 2.45) is 0 Å². The molecule has 0 bridgehead atoms. The van der Waals surface area contributed by atoms with Crippen molar-refractivity contribution in [1.29, 1.82) is 0 Å². The number of amides is 2. The second-order valence-corrected chi connectivity index (χ2v) is 8.28. The SMILES string of the molecule is O=C(COC(=O)CNC(=O)c1ccc2ccccc2c1)Nc1cc(C(F)(F)F)ccc1N1CCOCC1. The quantitative estimate of drug-likeness (QED) is 0.467. The average molecular weight is 515 g/mol. The molecular weight excluding hydrogens is 491 g/mol. The Balaban J connectivity index is 1.32. The predicted molar refractivity (Wildman–Crippen MR) is 130 cm³/mol. The Morgan fingerprint density at radius 3 is 2.41 bits per heavy atom. The molecule has 2 N–H and O–H groups in total. The number of nitrogens with one attached hydrogen (secondary N) is 2. The van der Waals surface area contributed by atoms with Gasteiger partial charge in [-0.3, -0.25) is 14.4 Å². The van der Waals surface area contributed by atoms with E-state index < -0.39 is 42.7 Å². The van der Waals surface area contributed by atoms with Gasteiger partial charge in [0, 0.05) is 18.7 Å². The van der Waals surface area contributed by atoms with Gasteiger partial charge in [-0.25, -0.2) is 0 Å². The predicted octanol–water partition coefficient (Wildman–Crippen LogP) is 3.61. The fraction of sp³-hybridized carbons (Fsp3) is 0.269. The zero-order valence-electron chi connectivity index (χ0n) is 19.6. The van der Waals surface area contributed by atoms with Crippen LogP contribution in [0.25, 0.3) is 10.8 Å². The highest BCUT2D eigenvalue weighted by atomic mass is 19.4. The average Bonchev–Trinajstić information content (AvgIpc) is 2.90. The summed E-state index contributed by atoms with van der Waals surface area (Å²) in [5.41, 5.74) is -0.223. The van der Waals surface area contributed by atoms with Crippen LogP contribution < -0.4 is 15.5 Å². The van der Waals surface area contributed by atoms with Crippen LogP contribution in [-0.2, 0) is 25.2 Å². The lowest BCUT2D eigenvalue weighted by Crippen LogP contribution is -2.37. The van der Waals surface area contributed by atoms with E-state index in [0.29, 0.717) is 37.6 Å². The van der Waals surface area contributed by atoms with Crippen LogP contribution in [0.3, 0.4) is 0 Å². The molecule has 2 amide bonds. The van der Waals surface area contributed by atoms with Gasteiger partial charge in [0.2, 0.25) is 0 Å². The Labute approximate surface area is 210 Å². The van der Waals surface area contributed by atoms with Gasteiger partial charge in [0.25, 0.3) is 11.8 Å². The fourth-order valence-electron chi connectivity index (χ4n) is 3.86. The molecule has 1 aliphatic rings. The third-order valence-corrected chi connectivity index (χ3v) is 5.72. The van der Waals surface area contributed by atoms with Crippen molar-refractivity contribution in [2.45, 2.75) is 6.18 Å². The zero-order chi connectivity index (χ0) is 26.4. The number of nitrogens with zero attached hydrogens (tertiary/aromatic N) is 1. The molecular formula is C26H24F3N3O5. The first-order valence-electron chi connectivity index (χ1n) is 11.5. The Bertz CT molecular complexity index is 1310. The summed E-state index contributed by atoms with van der Waals surface area (Å²) in [5.74, 6) is -2.18. The maximum absolute atomic E-state index is 13.2. The van der Waals surface area contributed by atoms with Crippen molar-refractivity contribution in [3.8, 4) is 0 Å². The van der Waals surface area contributed by atoms with E-state index in [1.54, 1.807) is 23.1 Å². The van der Waals surface area contributed by atoms with E-state index in [0.717, 1.165) is 22.9 Å². The normalized spacial score (nSPS) is 13.8. The summed E-state index contributed by atoms with van der Waals surface area (Å²) in [7, 11) is 0. The summed E-state index contributed by atoms with van der Waals surface area (Å²) in [6, 6.07) is 15.6. The van der Waals surface area contributed by atoms with Crippen LogP contribution in [-0.4, -0.2) is 57.2 Å². The molecule has 37 heavy (non-hydrogen) atoms. The molecule has 0 unspecified atom stereocenters. The number of rotatable bonds is 7. The lowest BCUT2D eigenvalue weighted by Gasteiger charge is -2.31. The number of hydrogen-bond acceptors (Lipinski definition) is 6. The first-order valence-corrected chi connectivity index (χ1v) is 11.5. The van der Waals surface area contributed by atoms with Gasteiger partial charge < -0.3 is 25.0 Å². The number of carbonyl (C=O) groups is 3. The lowest BCUT2D eigenvalue weighted by atomic mass is 10.1. The summed E-state index contributed by atoms with van der Waals surface area (Å²) >= 11 is 0. The minimum atomic E-state index is -4.60. The molecule has 0 aliphatic carbocycles. The number of alkyl halides is 3. The van der Waals surface area contributed by atoms with Gasteiger partial charge in [-0.05, 0) is 41.1 Å². The summed E-state index contributed by atoms with van der Waals surface area (Å²) in [6.07, 6.45) is -4.60. The van der Waals surface area contributed by atoms with Gasteiger partial charge >= 0.3 is 12.1 Å². The maximum Gasteiger partial charge on any atom is 0.416 e. The number of halogens is 3. The molecule has 8 nitrogen and oxygen atoms in total. The van der Waals surface area contributed by atoms with Crippen LogP contribution in [0.1, 0.15) is 15.9 Å². The number of ether oxygens (including phenoxy) is 2. The van der Waals surface area contributed by atoms with Crippen molar-refractivity contribution in [3.63, 3.8) is 0 Å². The molecule has 1 saturated heterocycles. The van der Waals surface area contributed by atoms with Crippen molar-refractivity contribution in [2.75, 3.05) is 49.7 Å². The van der Waals surface area contributed by atoms with Crippen LogP contribution in [0.2, 0.25) is 0 Å². The minimum absolute atomic E-state index is 0.0534. The molecule has 0 aromatic heterocycles. The van der Waals surface area contributed by atoms with Crippen molar-refractivity contribution < 1.29 is 37.0 Å². The highest BCUT2D eigenvalue weighted by Gasteiger charge is 2.32. The van der Waals surface area contributed by atoms with E-state index in [1.807, 2.05) is 24.3 Å². The molecule has 1 heterocycles. The number of anilines is 2. The second kappa shape index (κ2) is 11.3. The Kier molecular flexibility index (Phi) is 7.92. The molecule has 1 fully saturated rings. The van der Waals surface area contributed by atoms with Crippen molar-refractivity contribution >= 4 is 39.9 Å². The fourth-order valence-corrected chi connectivity index (χ4v) is 3.86. The van der Waals surface area contributed by atoms with E-state index in [1.165, 1.54) is 6.07 Å². The van der Waals surface area contributed by atoms with Crippen LogP contribution in [0, 0.1) is 0 Å². The van der Waals surface area contributed by atoms with Gasteiger partial charge in [-0.2, -0.15) is 13.2 Å². The molecule has 3 aromatic carbocycles. The maximum atomic E-state index is 13.2. The van der Waals surface area contributed by atoms with E-state index in [-0.39, 0.29) is 5.69 Å². The monoisotopic (exact) mass is 515 g/mol. The largest absolute Gasteiger partial charge is 0.454 e. The number of hydrogen-bond donors (Lipinski definition) is 2. The number of benzene rings is 3. The number of fused-ring (bicyclic) bond motifs is 1. The highest BCUT2D eigenvalue weighted by molar-refractivity contribution is 6.00. The summed E-state index contributed by atoms with van der Waals surface area (Å²) in [5, 5.41) is 6.64. The van der Waals surface area contributed by atoms with E-state index in [4.69, 9.17) is 9.47 Å². The number of esters is 1. The summed E-state index contributed by atoms with van der Waals surface area (Å²) in [4.78, 5) is 38.6. The second-order valence-electron chi connectivity index (χ2n) is 8.28. The van der Waals surface area contributed by atoms with Crippen LogP contribution in [0.5, 0.6) is 0 Å². The standard InChI is InChI=1S/C26H24F3N3O5/c27-26(28,29)20-7-8-22(32-9-11-36-12-10-32)21(14-20)31-23(33)16-37-24(34)15-30-25(35)19-6-5-17-3-1-2-4-18(17)13-19/h1-8,13-14H,9-12,15-16H2,(H,30,35)(H,31,33). The van der Waals surface area contributed by atoms with Crippen LogP contribution >= 0.6 is 0 Å². The molecule has 3 aromatic rings. The van der Waals surface area contributed by atoms with E-state index in [2.05, 4.69) is 10.6 Å². The summed E-state index contributed by atoms with van der Waals surface area (Å²) in [6.45, 7) is 0.471. The van der Waals surface area contributed by atoms with Crippen LogP contribution in [0.15, 0.2) is 60.7 Å². The van der Waals surface area contributed by atoms with Gasteiger partial charge in [-0.1, -0.05) is 30.3 Å². The Hall–Kier alpha value is -4.12. The topological polar surface area (TPSA) is 97.0 Å². The van der Waals surface area contributed by atoms with Gasteiger partial charge in [0.1, 0.15) is 6.54 Å². The molecule has 11 heteroatoms. The van der Waals surface area contributed by atoms with Gasteiger partial charge in [-0.15, -0.1) is 0 Å². The van der Waals surface area contributed by atoms with Gasteiger partial charge in [0.15, 0.2) is 6.61 Å². The van der Waals surface area contributed by atoms with E-state index >= 15 is 0 Å². The van der Waals surface area contributed by atoms with Gasteiger partial charge in [0.05, 0.1) is 30.2 Å². The minimum Gasteiger partial charge on any atom is -0.454 e. The smallest absolute Gasteiger partial charge is 0.416 e. The lowest BCUT2D eigenvalue weighted by molar-refractivity contribution is -0.146. The third kappa shape index (κ3) is 6.76. The first-order chi connectivity index (χ1) is 17.7.